The van der Waals surface area contributed by atoms with E-state index >= 15 is 0 Å². The molecule has 3 unspecified atom stereocenters. The Kier molecular flexibility index (Phi) is 2.38. The lowest BCUT2D eigenvalue weighted by Crippen LogP contribution is -2.37. The summed E-state index contributed by atoms with van der Waals surface area (Å²) in [7, 11) is 0. The molecule has 1 rings (SSSR count). The number of hydrogen-bond acceptors (Lipinski definition) is 3. The zero-order valence-electron chi connectivity index (χ0n) is 5.33. The summed E-state index contributed by atoms with van der Waals surface area (Å²) in [5, 5.41) is 9.35. The third kappa shape index (κ3) is 1.85. The molecule has 0 amide bonds. The van der Waals surface area contributed by atoms with Crippen LogP contribution in [0.4, 0.5) is 0 Å². The Morgan fingerprint density at radius 1 is 1.44 bits per heavy atom. The second-order valence-corrected chi connectivity index (χ2v) is 3.37. The van der Waals surface area contributed by atoms with E-state index < -0.39 is 0 Å². The van der Waals surface area contributed by atoms with Gasteiger partial charge in [0.25, 0.3) is 0 Å². The summed E-state index contributed by atoms with van der Waals surface area (Å²) in [4.78, 5) is 0. The number of hydrogen-bond donors (Lipinski definition) is 3. The molecule has 0 aromatic carbocycles. The first-order chi connectivity index (χ1) is 4.20. The Labute approximate surface area is 60.8 Å². The van der Waals surface area contributed by atoms with Crippen molar-refractivity contribution >= 4 is 12.6 Å². The van der Waals surface area contributed by atoms with E-state index in [2.05, 4.69) is 12.6 Å². The van der Waals surface area contributed by atoms with E-state index in [4.69, 9.17) is 5.73 Å². The highest BCUT2D eigenvalue weighted by Crippen LogP contribution is 2.21. The van der Waals surface area contributed by atoms with Gasteiger partial charge < -0.3 is 10.8 Å². The molecule has 54 valence electrons. The minimum atomic E-state index is -0.280. The second kappa shape index (κ2) is 2.90. The van der Waals surface area contributed by atoms with Crippen molar-refractivity contribution in [3.8, 4) is 0 Å². The average molecular weight is 147 g/mol. The summed E-state index contributed by atoms with van der Waals surface area (Å²) in [6, 6.07) is 0.198. The van der Waals surface area contributed by atoms with E-state index in [0.717, 1.165) is 12.8 Å². The van der Waals surface area contributed by atoms with Crippen LogP contribution in [0, 0.1) is 0 Å². The van der Waals surface area contributed by atoms with Crippen molar-refractivity contribution < 1.29 is 5.11 Å². The highest BCUT2D eigenvalue weighted by atomic mass is 32.1. The van der Waals surface area contributed by atoms with Gasteiger partial charge in [-0.2, -0.15) is 12.6 Å². The summed E-state index contributed by atoms with van der Waals surface area (Å²) >= 11 is 4.19. The van der Waals surface area contributed by atoms with Gasteiger partial charge in [0.05, 0.1) is 6.10 Å². The van der Waals surface area contributed by atoms with E-state index in [1.54, 1.807) is 0 Å². The first-order valence-electron chi connectivity index (χ1n) is 3.32. The maximum atomic E-state index is 9.19. The summed E-state index contributed by atoms with van der Waals surface area (Å²) in [5.41, 5.74) is 5.59. The Balaban J connectivity index is 2.35. The lowest BCUT2D eigenvalue weighted by Gasteiger charge is -2.27. The van der Waals surface area contributed by atoms with Crippen LogP contribution < -0.4 is 5.73 Å². The number of aliphatic hydroxyl groups excluding tert-OH is 1. The first kappa shape index (κ1) is 7.38. The van der Waals surface area contributed by atoms with Gasteiger partial charge in [0.15, 0.2) is 0 Å². The van der Waals surface area contributed by atoms with Crippen LogP contribution in [-0.2, 0) is 0 Å². The Morgan fingerprint density at radius 3 is 2.56 bits per heavy atom. The van der Waals surface area contributed by atoms with Gasteiger partial charge in [0, 0.05) is 11.3 Å². The van der Waals surface area contributed by atoms with Crippen molar-refractivity contribution in [2.45, 2.75) is 36.7 Å². The number of aliphatic hydroxyl groups is 1. The Bertz CT molecular complexity index is 99.1. The highest BCUT2D eigenvalue weighted by Gasteiger charge is 2.23. The smallest absolute Gasteiger partial charge is 0.0671 e. The molecule has 1 saturated carbocycles. The number of nitrogens with two attached hydrogens (primary N) is 1. The standard InChI is InChI=1S/C6H13NOS/c7-4-1-2-6(9)5(8)3-4/h4-6,8-9H,1-3,7H2. The lowest BCUT2D eigenvalue weighted by atomic mass is 9.93. The average Bonchev–Trinajstić information content (AvgIpc) is 1.80. The van der Waals surface area contributed by atoms with Gasteiger partial charge in [0.2, 0.25) is 0 Å². The molecule has 0 bridgehead atoms. The molecular formula is C6H13NOS. The highest BCUT2D eigenvalue weighted by molar-refractivity contribution is 7.81. The molecule has 0 aromatic rings. The fourth-order valence-electron chi connectivity index (χ4n) is 1.16. The minimum absolute atomic E-state index is 0.157. The predicted octanol–water partition coefficient (Wildman–Crippen LogP) is 0.157. The van der Waals surface area contributed by atoms with E-state index in [1.807, 2.05) is 0 Å². The quantitative estimate of drug-likeness (QED) is 0.427. The SMILES string of the molecule is NC1CCC(S)C(O)C1. The molecule has 2 nitrogen and oxygen atoms in total. The van der Waals surface area contributed by atoms with E-state index in [1.165, 1.54) is 0 Å². The normalized spacial score (nSPS) is 45.0. The molecule has 0 spiro atoms. The molecule has 0 aromatic heterocycles. The second-order valence-electron chi connectivity index (χ2n) is 2.71. The van der Waals surface area contributed by atoms with Crippen LogP contribution in [0.5, 0.6) is 0 Å². The molecule has 9 heavy (non-hydrogen) atoms. The molecule has 3 atom stereocenters. The maximum Gasteiger partial charge on any atom is 0.0671 e. The van der Waals surface area contributed by atoms with Gasteiger partial charge in [-0.3, -0.25) is 0 Å². The number of thiol groups is 1. The van der Waals surface area contributed by atoms with Gasteiger partial charge in [0.1, 0.15) is 0 Å². The zero-order chi connectivity index (χ0) is 6.85. The van der Waals surface area contributed by atoms with Gasteiger partial charge in [-0.05, 0) is 19.3 Å². The van der Waals surface area contributed by atoms with Crippen molar-refractivity contribution in [2.24, 2.45) is 5.73 Å². The minimum Gasteiger partial charge on any atom is -0.392 e. The van der Waals surface area contributed by atoms with Crippen LogP contribution in [0.15, 0.2) is 0 Å². The van der Waals surface area contributed by atoms with Crippen molar-refractivity contribution in [2.75, 3.05) is 0 Å². The van der Waals surface area contributed by atoms with Crippen molar-refractivity contribution in [3.05, 3.63) is 0 Å². The monoisotopic (exact) mass is 147 g/mol. The molecule has 0 heterocycles. The Morgan fingerprint density at radius 2 is 2.11 bits per heavy atom. The van der Waals surface area contributed by atoms with Gasteiger partial charge in [-0.1, -0.05) is 0 Å². The molecular weight excluding hydrogens is 134 g/mol. The third-order valence-corrected chi connectivity index (χ3v) is 2.42. The predicted molar refractivity (Wildman–Crippen MR) is 40.6 cm³/mol. The van der Waals surface area contributed by atoms with Crippen LogP contribution in [0.3, 0.4) is 0 Å². The van der Waals surface area contributed by atoms with Crippen LogP contribution in [0.1, 0.15) is 19.3 Å². The summed E-state index contributed by atoms with van der Waals surface area (Å²) in [6.07, 6.45) is 2.39. The third-order valence-electron chi connectivity index (χ3n) is 1.82. The van der Waals surface area contributed by atoms with Crippen LogP contribution >= 0.6 is 12.6 Å². The zero-order valence-corrected chi connectivity index (χ0v) is 6.22. The van der Waals surface area contributed by atoms with Gasteiger partial charge >= 0.3 is 0 Å². The van der Waals surface area contributed by atoms with Crippen molar-refractivity contribution in [1.82, 2.24) is 0 Å². The van der Waals surface area contributed by atoms with E-state index in [0.29, 0.717) is 6.42 Å². The molecule has 0 aliphatic heterocycles. The fourth-order valence-corrected chi connectivity index (χ4v) is 1.43. The summed E-state index contributed by atoms with van der Waals surface area (Å²) < 4.78 is 0. The molecule has 3 N–H and O–H groups in total. The molecule has 0 saturated heterocycles. The van der Waals surface area contributed by atoms with Gasteiger partial charge in [-0.15, -0.1) is 0 Å². The molecule has 1 fully saturated rings. The van der Waals surface area contributed by atoms with Crippen LogP contribution in [-0.4, -0.2) is 22.5 Å². The first-order valence-corrected chi connectivity index (χ1v) is 3.83. The van der Waals surface area contributed by atoms with Crippen LogP contribution in [0.25, 0.3) is 0 Å². The molecule has 1 aliphatic rings. The van der Waals surface area contributed by atoms with E-state index in [-0.39, 0.29) is 17.4 Å². The van der Waals surface area contributed by atoms with Crippen molar-refractivity contribution in [3.63, 3.8) is 0 Å². The molecule has 1 aliphatic carbocycles. The largest absolute Gasteiger partial charge is 0.392 e. The lowest BCUT2D eigenvalue weighted by molar-refractivity contribution is 0.128. The van der Waals surface area contributed by atoms with Gasteiger partial charge in [-0.25, -0.2) is 0 Å². The van der Waals surface area contributed by atoms with E-state index in [9.17, 15) is 5.11 Å². The fraction of sp³-hybridized carbons (Fsp3) is 1.00. The summed E-state index contributed by atoms with van der Waals surface area (Å²) in [5.74, 6) is 0. The summed E-state index contributed by atoms with van der Waals surface area (Å²) in [6.45, 7) is 0. The molecule has 0 radical (unpaired) electrons. The topological polar surface area (TPSA) is 46.2 Å². The Hall–Kier alpha value is 0.270. The van der Waals surface area contributed by atoms with Crippen molar-refractivity contribution in [1.29, 1.82) is 0 Å². The number of rotatable bonds is 0. The van der Waals surface area contributed by atoms with Crippen LogP contribution in [0.2, 0.25) is 0 Å². The molecule has 3 heteroatoms. The maximum absolute atomic E-state index is 9.19.